The van der Waals surface area contributed by atoms with Gasteiger partial charge in [-0.25, -0.2) is 4.98 Å². The largest absolute Gasteiger partial charge is 0.421 e. The molecule has 1 aliphatic carbocycles. The minimum atomic E-state index is -4.50. The molecule has 9 heteroatoms. The molecule has 0 unspecified atom stereocenters. The molecule has 6 nitrogen and oxygen atoms in total. The molecule has 1 saturated carbocycles. The second-order valence-corrected chi connectivity index (χ2v) is 7.10. The Morgan fingerprint density at radius 3 is 2.79 bits per heavy atom. The number of hydrogen-bond donors (Lipinski definition) is 2. The Morgan fingerprint density at radius 2 is 2.07 bits per heavy atom. The Morgan fingerprint density at radius 1 is 1.25 bits per heavy atom. The number of nitrogens with zero attached hydrogens (tertiary/aromatic N) is 4. The van der Waals surface area contributed by atoms with Gasteiger partial charge in [0.25, 0.3) is 0 Å². The summed E-state index contributed by atoms with van der Waals surface area (Å²) in [5.41, 5.74) is 2.18. The molecule has 1 aliphatic heterocycles. The van der Waals surface area contributed by atoms with Crippen LogP contribution in [0.4, 0.5) is 30.6 Å². The number of anilines is 3. The van der Waals surface area contributed by atoms with Gasteiger partial charge in [0.15, 0.2) is 0 Å². The molecule has 4 rings (SSSR count). The van der Waals surface area contributed by atoms with Gasteiger partial charge in [-0.05, 0) is 42.5 Å². The first-order chi connectivity index (χ1) is 13.4. The Hall–Kier alpha value is -2.86. The van der Waals surface area contributed by atoms with Crippen LogP contribution in [0.2, 0.25) is 0 Å². The van der Waals surface area contributed by atoms with Crippen LogP contribution in [0.3, 0.4) is 0 Å². The topological polar surface area (TPSA) is 76.9 Å². The molecule has 2 aliphatic rings. The van der Waals surface area contributed by atoms with Gasteiger partial charge in [0.2, 0.25) is 5.95 Å². The molecule has 2 heterocycles. The summed E-state index contributed by atoms with van der Waals surface area (Å²) in [6, 6.07) is 7.99. The predicted molar refractivity (Wildman–Crippen MR) is 98.0 cm³/mol. The maximum atomic E-state index is 13.2. The fourth-order valence-electron chi connectivity index (χ4n) is 3.23. The monoisotopic (exact) mass is 388 g/mol. The summed E-state index contributed by atoms with van der Waals surface area (Å²) < 4.78 is 39.6. The van der Waals surface area contributed by atoms with E-state index < -0.39 is 11.7 Å². The lowest BCUT2D eigenvalue weighted by molar-refractivity contribution is -0.137. The van der Waals surface area contributed by atoms with Crippen LogP contribution in [0, 0.1) is 11.3 Å². The zero-order chi connectivity index (χ0) is 19.7. The van der Waals surface area contributed by atoms with Crippen molar-refractivity contribution in [1.29, 1.82) is 5.26 Å². The number of nitriles is 1. The third kappa shape index (κ3) is 4.17. The quantitative estimate of drug-likeness (QED) is 0.761. The standard InChI is InChI=1S/C19H19F3N6/c20-19(21,22)16-10-24-18(27-17(16)25-14-3-4-14)26-15-2-1-13-11-28(8-6-23)7-5-12(13)9-15/h1-2,9-10,14H,3-5,7-8,11H2,(H2,24,25,26,27). The highest BCUT2D eigenvalue weighted by Crippen LogP contribution is 2.36. The summed E-state index contributed by atoms with van der Waals surface area (Å²) in [4.78, 5) is 9.99. The molecule has 0 bridgehead atoms. The smallest absolute Gasteiger partial charge is 0.367 e. The average Bonchev–Trinajstić information content (AvgIpc) is 3.45. The zero-order valence-corrected chi connectivity index (χ0v) is 15.1. The molecule has 1 aromatic carbocycles. The van der Waals surface area contributed by atoms with E-state index in [-0.39, 0.29) is 17.8 Å². The fourth-order valence-corrected chi connectivity index (χ4v) is 3.23. The lowest BCUT2D eigenvalue weighted by Crippen LogP contribution is -2.30. The van der Waals surface area contributed by atoms with Crippen molar-refractivity contribution in [3.8, 4) is 6.07 Å². The van der Waals surface area contributed by atoms with E-state index in [4.69, 9.17) is 5.26 Å². The van der Waals surface area contributed by atoms with Gasteiger partial charge < -0.3 is 10.6 Å². The molecule has 146 valence electrons. The molecule has 28 heavy (non-hydrogen) atoms. The van der Waals surface area contributed by atoms with Gasteiger partial charge in [-0.15, -0.1) is 0 Å². The van der Waals surface area contributed by atoms with Crippen LogP contribution in [0.25, 0.3) is 0 Å². The first-order valence-corrected chi connectivity index (χ1v) is 9.11. The first kappa shape index (κ1) is 18.5. The first-order valence-electron chi connectivity index (χ1n) is 9.11. The number of benzene rings is 1. The van der Waals surface area contributed by atoms with Gasteiger partial charge in [-0.2, -0.15) is 23.4 Å². The highest BCUT2D eigenvalue weighted by molar-refractivity contribution is 5.59. The molecular weight excluding hydrogens is 369 g/mol. The summed E-state index contributed by atoms with van der Waals surface area (Å²) in [6.07, 6.45) is -1.18. The number of alkyl halides is 3. The van der Waals surface area contributed by atoms with E-state index in [1.54, 1.807) is 0 Å². The third-order valence-corrected chi connectivity index (χ3v) is 4.86. The van der Waals surface area contributed by atoms with Gasteiger partial charge in [0, 0.05) is 31.0 Å². The van der Waals surface area contributed by atoms with Crippen molar-refractivity contribution in [3.63, 3.8) is 0 Å². The van der Waals surface area contributed by atoms with E-state index in [0.717, 1.165) is 55.4 Å². The van der Waals surface area contributed by atoms with Crippen LogP contribution in [0.1, 0.15) is 29.5 Å². The van der Waals surface area contributed by atoms with Crippen molar-refractivity contribution >= 4 is 17.5 Å². The Kier molecular flexibility index (Phi) is 4.81. The molecule has 0 amide bonds. The van der Waals surface area contributed by atoms with E-state index in [9.17, 15) is 13.2 Å². The van der Waals surface area contributed by atoms with Crippen LogP contribution < -0.4 is 10.6 Å². The number of aromatic nitrogens is 2. The van der Waals surface area contributed by atoms with Crippen LogP contribution in [0.15, 0.2) is 24.4 Å². The normalized spacial score (nSPS) is 16.9. The van der Waals surface area contributed by atoms with Crippen molar-refractivity contribution < 1.29 is 13.2 Å². The fraction of sp³-hybridized carbons (Fsp3) is 0.421. The average molecular weight is 388 g/mol. The van der Waals surface area contributed by atoms with Crippen LogP contribution in [-0.4, -0.2) is 34.0 Å². The van der Waals surface area contributed by atoms with Crippen molar-refractivity contribution in [2.45, 2.75) is 38.0 Å². The summed E-state index contributed by atoms with van der Waals surface area (Å²) >= 11 is 0. The SMILES string of the molecule is N#CCN1CCc2cc(Nc3ncc(C(F)(F)F)c(NC4CC4)n3)ccc2C1. The maximum absolute atomic E-state index is 13.2. The molecule has 0 saturated heterocycles. The molecule has 2 N–H and O–H groups in total. The van der Waals surface area contributed by atoms with Crippen molar-refractivity contribution in [1.82, 2.24) is 14.9 Å². The lowest BCUT2D eigenvalue weighted by Gasteiger charge is -2.27. The van der Waals surface area contributed by atoms with Crippen LogP contribution in [0.5, 0.6) is 0 Å². The number of fused-ring (bicyclic) bond motifs is 1. The Bertz CT molecular complexity index is 917. The van der Waals surface area contributed by atoms with E-state index >= 15 is 0 Å². The number of rotatable bonds is 5. The van der Waals surface area contributed by atoms with E-state index in [0.29, 0.717) is 6.54 Å². The molecule has 0 atom stereocenters. The van der Waals surface area contributed by atoms with Gasteiger partial charge in [0.05, 0.1) is 12.6 Å². The van der Waals surface area contributed by atoms with Gasteiger partial charge in [0.1, 0.15) is 11.4 Å². The van der Waals surface area contributed by atoms with E-state index in [1.165, 1.54) is 0 Å². The molecule has 1 fully saturated rings. The van der Waals surface area contributed by atoms with Crippen molar-refractivity contribution in [3.05, 3.63) is 41.1 Å². The molecule has 1 aromatic heterocycles. The third-order valence-electron chi connectivity index (χ3n) is 4.86. The maximum Gasteiger partial charge on any atom is 0.421 e. The Labute approximate surface area is 160 Å². The highest BCUT2D eigenvalue weighted by atomic mass is 19.4. The van der Waals surface area contributed by atoms with Gasteiger partial charge in [-0.1, -0.05) is 6.07 Å². The summed E-state index contributed by atoms with van der Waals surface area (Å²) in [7, 11) is 0. The van der Waals surface area contributed by atoms with E-state index in [2.05, 4.69) is 31.6 Å². The number of hydrogen-bond acceptors (Lipinski definition) is 6. The van der Waals surface area contributed by atoms with Crippen molar-refractivity contribution in [2.24, 2.45) is 0 Å². The predicted octanol–water partition coefficient (Wildman–Crippen LogP) is 3.69. The number of nitrogens with one attached hydrogen (secondary N) is 2. The summed E-state index contributed by atoms with van der Waals surface area (Å²) in [6.45, 7) is 1.92. The summed E-state index contributed by atoms with van der Waals surface area (Å²) in [5.74, 6) is -0.0596. The van der Waals surface area contributed by atoms with Crippen LogP contribution >= 0.6 is 0 Å². The highest BCUT2D eigenvalue weighted by Gasteiger charge is 2.36. The second-order valence-electron chi connectivity index (χ2n) is 7.10. The molecule has 0 spiro atoms. The van der Waals surface area contributed by atoms with Crippen LogP contribution in [-0.2, 0) is 19.1 Å². The van der Waals surface area contributed by atoms with E-state index in [1.807, 2.05) is 18.2 Å². The lowest BCUT2D eigenvalue weighted by atomic mass is 9.99. The van der Waals surface area contributed by atoms with Gasteiger partial charge in [-0.3, -0.25) is 4.90 Å². The number of halogens is 3. The molecular formula is C19H19F3N6. The summed E-state index contributed by atoms with van der Waals surface area (Å²) in [5, 5.41) is 14.7. The van der Waals surface area contributed by atoms with Gasteiger partial charge >= 0.3 is 6.18 Å². The second kappa shape index (κ2) is 7.28. The molecule has 2 aromatic rings. The van der Waals surface area contributed by atoms with Crippen molar-refractivity contribution in [2.75, 3.05) is 23.7 Å². The molecule has 0 radical (unpaired) electrons. The zero-order valence-electron chi connectivity index (χ0n) is 15.1. The minimum Gasteiger partial charge on any atom is -0.367 e. The minimum absolute atomic E-state index is 0.0453. The Balaban J connectivity index is 1.53.